The minimum absolute atomic E-state index is 0. The number of hydrogen-bond donors (Lipinski definition) is 2. The molecule has 0 amide bonds. The first-order chi connectivity index (χ1) is 2.00. The second kappa shape index (κ2) is 48.7. The van der Waals surface area contributed by atoms with Crippen LogP contribution in [0.5, 0.6) is 0 Å². The Bertz CT molecular complexity index is 93.5. The van der Waals surface area contributed by atoms with Crippen molar-refractivity contribution in [3.05, 3.63) is 0 Å². The molecule has 0 aliphatic carbocycles. The van der Waals surface area contributed by atoms with Crippen molar-refractivity contribution in [2.24, 2.45) is 0 Å². The molecule has 0 radical (unpaired) electrons. The van der Waals surface area contributed by atoms with Crippen LogP contribution >= 0.6 is 0 Å². The van der Waals surface area contributed by atoms with E-state index >= 15 is 0 Å². The Morgan fingerprint density at radius 1 is 0.571 bits per heavy atom. The molecular weight excluding hydrogens is 381 g/mol. The van der Waals surface area contributed by atoms with E-state index in [9.17, 15) is 0 Å². The predicted octanol–water partition coefficient (Wildman–Crippen LogP) is -7.25. The smallest absolute Gasteiger partial charge is 0.394 e. The van der Waals surface area contributed by atoms with E-state index in [0.717, 1.165) is 0 Å². The maximum Gasteiger partial charge on any atom is 0.394 e. The topological polar surface area (TPSA) is 327 Å². The van der Waals surface area contributed by atoms with Gasteiger partial charge in [-0.2, -0.15) is 8.42 Å². The molecule has 0 bridgehead atoms. The number of hydrogen-bond acceptors (Lipinski definition) is 2. The van der Waals surface area contributed by atoms with Crippen molar-refractivity contribution in [3.8, 4) is 0 Å². The second-order valence-electron chi connectivity index (χ2n) is 0.448. The largest absolute Gasteiger partial charge is 0.412 e. The maximum absolute atomic E-state index is 8.74. The maximum atomic E-state index is 8.74. The van der Waals surface area contributed by atoms with Crippen LogP contribution in [0.3, 0.4) is 0 Å². The molecule has 12 nitrogen and oxygen atoms in total. The van der Waals surface area contributed by atoms with Crippen molar-refractivity contribution in [1.82, 2.24) is 0 Å². The van der Waals surface area contributed by atoms with Crippen molar-refractivity contribution in [2.45, 2.75) is 0 Å². The Morgan fingerprint density at radius 3 is 0.571 bits per heavy atom. The molecule has 0 unspecified atom stereocenters. The normalized spacial score (nSPS) is 4.14. The molecule has 0 heterocycles. The van der Waals surface area contributed by atoms with Crippen LogP contribution in [-0.4, -0.2) is 61.3 Å². The van der Waals surface area contributed by atoms with E-state index < -0.39 is 10.4 Å². The Hall–Kier alpha value is 0.875. The van der Waals surface area contributed by atoms with Crippen molar-refractivity contribution in [3.63, 3.8) is 0 Å². The molecule has 0 fully saturated rings. The summed E-state index contributed by atoms with van der Waals surface area (Å²) in [5.41, 5.74) is 0. The molecule has 0 aromatic heterocycles. The van der Waals surface area contributed by atoms with Crippen molar-refractivity contribution < 1.29 is 101 Å². The third kappa shape index (κ3) is 2370. The van der Waals surface area contributed by atoms with Crippen LogP contribution in [0.2, 0.25) is 0 Å². The molecule has 14 heavy (non-hydrogen) atoms. The van der Waals surface area contributed by atoms with Gasteiger partial charge in [-0.3, -0.25) is 9.11 Å². The third-order valence-corrected chi connectivity index (χ3v) is 0. The van der Waals surface area contributed by atoms with E-state index in [1.54, 1.807) is 0 Å². The summed E-state index contributed by atoms with van der Waals surface area (Å²) in [5, 5.41) is 0. The van der Waals surface area contributed by atoms with Gasteiger partial charge < -0.3 is 43.8 Å². The molecule has 0 atom stereocenters. The van der Waals surface area contributed by atoms with Crippen LogP contribution in [0, 0.1) is 39.9 Å². The Kier molecular flexibility index (Phi) is 419. The first-order valence-corrected chi connectivity index (χ1v) is 2.10. The summed E-state index contributed by atoms with van der Waals surface area (Å²) >= 11 is 0. The van der Waals surface area contributed by atoms with Gasteiger partial charge in [-0.25, -0.2) is 0 Å². The molecule has 0 aromatic carbocycles. The van der Waals surface area contributed by atoms with Gasteiger partial charge in [0.15, 0.2) is 0 Å². The van der Waals surface area contributed by atoms with Crippen molar-refractivity contribution in [2.75, 3.05) is 0 Å². The van der Waals surface area contributed by atoms with Gasteiger partial charge >= 0.3 is 10.4 Å². The van der Waals surface area contributed by atoms with Crippen LogP contribution in [0.25, 0.3) is 0 Å². The first kappa shape index (κ1) is 121. The Morgan fingerprint density at radius 2 is 0.571 bits per heavy atom. The summed E-state index contributed by atoms with van der Waals surface area (Å²) in [6.07, 6.45) is 0. The monoisotopic (exact) mass is 400 g/mol. The molecule has 0 aliphatic rings. The van der Waals surface area contributed by atoms with Crippen molar-refractivity contribution >= 4 is 10.4 Å². The van der Waals surface area contributed by atoms with Crippen LogP contribution in [0.4, 0.5) is 0 Å². The van der Waals surface area contributed by atoms with Crippen LogP contribution < -0.4 is 0 Å². The number of rotatable bonds is 0. The second-order valence-corrected chi connectivity index (χ2v) is 1.34. The van der Waals surface area contributed by atoms with E-state index in [0.29, 0.717) is 0 Å². The van der Waals surface area contributed by atoms with Crippen LogP contribution in [0.1, 0.15) is 0 Å². The SMILES string of the molecule is O.O.O.O.O.O.O.O.O=S(=O)(O)O.[Gd]. The molecule has 0 spiro atoms. The van der Waals surface area contributed by atoms with Crippen molar-refractivity contribution in [1.29, 1.82) is 0 Å². The van der Waals surface area contributed by atoms with E-state index in [1.807, 2.05) is 0 Å². The minimum atomic E-state index is -4.67. The standard InChI is InChI=1S/Gd.H2O4S.8H2O/c;1-5(2,3)4;;;;;;;;/h;(H2,1,2,3,4);8*1H2. The fraction of sp³-hybridized carbons (Fsp3) is 0. The first-order valence-electron chi connectivity index (χ1n) is 0.698. The predicted molar refractivity (Wildman–Crippen MR) is 43.1 cm³/mol. The van der Waals surface area contributed by atoms with Gasteiger partial charge in [-0.1, -0.05) is 0 Å². The summed E-state index contributed by atoms with van der Waals surface area (Å²) < 4.78 is 31.6. The molecule has 0 saturated heterocycles. The fourth-order valence-electron chi connectivity index (χ4n) is 0. The summed E-state index contributed by atoms with van der Waals surface area (Å²) in [5.74, 6) is 0. The molecule has 104 valence electrons. The van der Waals surface area contributed by atoms with Gasteiger partial charge in [0.2, 0.25) is 0 Å². The average Bonchev–Trinajstić information content (AvgIpc) is 0.722. The quantitative estimate of drug-likeness (QED) is 0.374. The van der Waals surface area contributed by atoms with E-state index in [1.165, 1.54) is 0 Å². The van der Waals surface area contributed by atoms with Gasteiger partial charge in [0.05, 0.1) is 0 Å². The van der Waals surface area contributed by atoms with E-state index in [4.69, 9.17) is 17.5 Å². The summed E-state index contributed by atoms with van der Waals surface area (Å²) in [6, 6.07) is 0. The van der Waals surface area contributed by atoms with E-state index in [2.05, 4.69) is 0 Å². The zero-order chi connectivity index (χ0) is 4.50. The fourth-order valence-corrected chi connectivity index (χ4v) is 0. The molecule has 0 aliphatic heterocycles. The Labute approximate surface area is 111 Å². The van der Waals surface area contributed by atoms with Gasteiger partial charge in [0.25, 0.3) is 0 Å². The van der Waals surface area contributed by atoms with Crippen LogP contribution in [-0.2, 0) is 10.4 Å². The van der Waals surface area contributed by atoms with Gasteiger partial charge in [-0.15, -0.1) is 0 Å². The summed E-state index contributed by atoms with van der Waals surface area (Å²) in [4.78, 5) is 0. The zero-order valence-corrected chi connectivity index (χ0v) is 9.56. The summed E-state index contributed by atoms with van der Waals surface area (Å²) in [7, 11) is -4.67. The van der Waals surface area contributed by atoms with Gasteiger partial charge in [0.1, 0.15) is 0 Å². The van der Waals surface area contributed by atoms with E-state index in [-0.39, 0.29) is 83.7 Å². The molecular formula is H18GdO12S. The molecule has 0 saturated carbocycles. The van der Waals surface area contributed by atoms with Crippen LogP contribution in [0.15, 0.2) is 0 Å². The molecule has 14 heteroatoms. The average molecular weight is 399 g/mol. The summed E-state index contributed by atoms with van der Waals surface area (Å²) in [6.45, 7) is 0. The molecule has 18 N–H and O–H groups in total. The molecule has 0 aromatic rings. The van der Waals surface area contributed by atoms with Gasteiger partial charge in [0, 0.05) is 39.9 Å². The minimum Gasteiger partial charge on any atom is -0.412 e. The van der Waals surface area contributed by atoms with Gasteiger partial charge in [-0.05, 0) is 0 Å². The molecule has 0 rings (SSSR count). The zero-order valence-electron chi connectivity index (χ0n) is 6.47. The third-order valence-electron chi connectivity index (χ3n) is 0. The Balaban J connectivity index is -0.00000000222.